The number of rotatable bonds is 3. The first-order valence-corrected chi connectivity index (χ1v) is 7.46. The van der Waals surface area contributed by atoms with E-state index in [0.29, 0.717) is 10.6 Å². The van der Waals surface area contributed by atoms with Crippen molar-refractivity contribution in [3.05, 3.63) is 67.1 Å². The van der Waals surface area contributed by atoms with Crippen LogP contribution in [0.1, 0.15) is 15.9 Å². The molecule has 104 valence electrons. The Kier molecular flexibility index (Phi) is 4.94. The van der Waals surface area contributed by atoms with Gasteiger partial charge in [0, 0.05) is 20.4 Å². The van der Waals surface area contributed by atoms with Crippen molar-refractivity contribution < 1.29 is 13.6 Å². The van der Waals surface area contributed by atoms with E-state index in [1.165, 1.54) is 0 Å². The summed E-state index contributed by atoms with van der Waals surface area (Å²) in [7, 11) is 0. The molecule has 0 fully saturated rings. The highest BCUT2D eigenvalue weighted by Crippen LogP contribution is 2.25. The van der Waals surface area contributed by atoms with Crippen molar-refractivity contribution in [1.82, 2.24) is 0 Å². The molecule has 0 aliphatic rings. The Labute approximate surface area is 136 Å². The van der Waals surface area contributed by atoms with E-state index >= 15 is 0 Å². The quantitative estimate of drug-likeness (QED) is 0.589. The Morgan fingerprint density at radius 2 is 1.65 bits per heavy atom. The number of carbonyl (C=O) groups excluding carboxylic acids is 1. The Morgan fingerprint density at radius 3 is 2.20 bits per heavy atom. The second-order valence-corrected chi connectivity index (χ2v) is 6.32. The summed E-state index contributed by atoms with van der Waals surface area (Å²) >= 11 is 12.2. The SMILES string of the molecule is O=C(Cc1ccc(Br)cc1Cl)c1c(F)cc(Br)cc1F. The molecular weight excluding hydrogens is 417 g/mol. The Morgan fingerprint density at radius 1 is 1.05 bits per heavy atom. The average Bonchev–Trinajstić information content (AvgIpc) is 2.31. The van der Waals surface area contributed by atoms with Crippen LogP contribution >= 0.6 is 43.5 Å². The van der Waals surface area contributed by atoms with Crippen LogP contribution < -0.4 is 0 Å². The topological polar surface area (TPSA) is 17.1 Å². The molecule has 0 radical (unpaired) electrons. The Bertz CT molecular complexity index is 666. The molecule has 0 saturated carbocycles. The molecule has 2 aromatic rings. The maximum absolute atomic E-state index is 13.7. The molecule has 0 aliphatic heterocycles. The van der Waals surface area contributed by atoms with Crippen LogP contribution in [0.15, 0.2) is 39.3 Å². The van der Waals surface area contributed by atoms with E-state index in [4.69, 9.17) is 11.6 Å². The second kappa shape index (κ2) is 6.33. The van der Waals surface area contributed by atoms with Crippen molar-refractivity contribution in [2.24, 2.45) is 0 Å². The summed E-state index contributed by atoms with van der Waals surface area (Å²) in [5.41, 5.74) is -0.0335. The molecule has 0 amide bonds. The van der Waals surface area contributed by atoms with Crippen molar-refractivity contribution in [3.63, 3.8) is 0 Å². The molecule has 0 heterocycles. The number of carbonyl (C=O) groups is 1. The first-order chi connectivity index (χ1) is 9.38. The van der Waals surface area contributed by atoms with Gasteiger partial charge in [0.25, 0.3) is 0 Å². The lowest BCUT2D eigenvalue weighted by atomic mass is 10.0. The molecule has 0 aliphatic carbocycles. The highest BCUT2D eigenvalue weighted by Gasteiger charge is 2.19. The lowest BCUT2D eigenvalue weighted by Gasteiger charge is -2.07. The highest BCUT2D eigenvalue weighted by molar-refractivity contribution is 9.10. The lowest BCUT2D eigenvalue weighted by Crippen LogP contribution is -2.09. The highest BCUT2D eigenvalue weighted by atomic mass is 79.9. The molecule has 2 rings (SSSR count). The zero-order valence-electron chi connectivity index (χ0n) is 9.89. The van der Waals surface area contributed by atoms with Gasteiger partial charge in [-0.15, -0.1) is 0 Å². The van der Waals surface area contributed by atoms with Crippen molar-refractivity contribution in [2.45, 2.75) is 6.42 Å². The largest absolute Gasteiger partial charge is 0.294 e. The van der Waals surface area contributed by atoms with Crippen LogP contribution in [0.25, 0.3) is 0 Å². The maximum atomic E-state index is 13.7. The predicted octanol–water partition coefficient (Wildman–Crippen LogP) is 5.57. The summed E-state index contributed by atoms with van der Waals surface area (Å²) in [4.78, 5) is 12.0. The van der Waals surface area contributed by atoms with Crippen molar-refractivity contribution in [2.75, 3.05) is 0 Å². The number of Topliss-reactive ketones (excluding diaryl/α,β-unsaturated/α-hetero) is 1. The third-order valence-electron chi connectivity index (χ3n) is 2.65. The van der Waals surface area contributed by atoms with E-state index in [0.717, 1.165) is 16.6 Å². The smallest absolute Gasteiger partial charge is 0.173 e. The van der Waals surface area contributed by atoms with E-state index in [1.807, 2.05) is 0 Å². The van der Waals surface area contributed by atoms with Crippen LogP contribution in [0.4, 0.5) is 8.78 Å². The van der Waals surface area contributed by atoms with Crippen molar-refractivity contribution in [1.29, 1.82) is 0 Å². The van der Waals surface area contributed by atoms with Gasteiger partial charge in [-0.3, -0.25) is 4.79 Å². The molecule has 0 N–H and O–H groups in total. The fourth-order valence-electron chi connectivity index (χ4n) is 1.73. The van der Waals surface area contributed by atoms with E-state index < -0.39 is 23.0 Å². The summed E-state index contributed by atoms with van der Waals surface area (Å²) in [6.45, 7) is 0. The van der Waals surface area contributed by atoms with Gasteiger partial charge in [0.05, 0.1) is 5.56 Å². The minimum Gasteiger partial charge on any atom is -0.294 e. The zero-order chi connectivity index (χ0) is 14.9. The number of ketones is 1. The third kappa shape index (κ3) is 3.45. The average molecular weight is 424 g/mol. The van der Waals surface area contributed by atoms with Crippen LogP contribution in [-0.4, -0.2) is 5.78 Å². The van der Waals surface area contributed by atoms with E-state index in [1.54, 1.807) is 18.2 Å². The number of halogens is 5. The monoisotopic (exact) mass is 422 g/mol. The Balaban J connectivity index is 2.33. The number of hydrogen-bond donors (Lipinski definition) is 0. The van der Waals surface area contributed by atoms with E-state index in [9.17, 15) is 13.6 Å². The van der Waals surface area contributed by atoms with Gasteiger partial charge in [-0.2, -0.15) is 0 Å². The van der Waals surface area contributed by atoms with Crippen LogP contribution in [0, 0.1) is 11.6 Å². The Hall–Kier alpha value is -0.780. The van der Waals surface area contributed by atoms with E-state index in [-0.39, 0.29) is 10.9 Å². The molecule has 0 atom stereocenters. The van der Waals surface area contributed by atoms with Crippen molar-refractivity contribution >= 4 is 49.2 Å². The van der Waals surface area contributed by atoms with Gasteiger partial charge in [0.2, 0.25) is 0 Å². The summed E-state index contributed by atoms with van der Waals surface area (Å²) in [5.74, 6) is -2.44. The minimum absolute atomic E-state index is 0.165. The molecular formula is C14H7Br2ClF2O. The van der Waals surface area contributed by atoms with Crippen LogP contribution in [-0.2, 0) is 6.42 Å². The predicted molar refractivity (Wildman–Crippen MR) is 81.2 cm³/mol. The van der Waals surface area contributed by atoms with Gasteiger partial charge in [0.15, 0.2) is 5.78 Å². The first kappa shape index (κ1) is 15.6. The van der Waals surface area contributed by atoms with Gasteiger partial charge in [-0.1, -0.05) is 49.5 Å². The number of hydrogen-bond acceptors (Lipinski definition) is 1. The summed E-state index contributed by atoms with van der Waals surface area (Å²) in [6, 6.07) is 7.08. The molecule has 1 nitrogen and oxygen atoms in total. The molecule has 0 aromatic heterocycles. The number of benzene rings is 2. The lowest BCUT2D eigenvalue weighted by molar-refractivity contribution is 0.0985. The molecule has 0 bridgehead atoms. The van der Waals surface area contributed by atoms with Gasteiger partial charge in [-0.25, -0.2) is 8.78 Å². The van der Waals surface area contributed by atoms with Gasteiger partial charge >= 0.3 is 0 Å². The van der Waals surface area contributed by atoms with Gasteiger partial charge in [-0.05, 0) is 29.8 Å². The fraction of sp³-hybridized carbons (Fsp3) is 0.0714. The minimum atomic E-state index is -0.893. The molecule has 20 heavy (non-hydrogen) atoms. The third-order valence-corrected chi connectivity index (χ3v) is 3.95. The summed E-state index contributed by atoms with van der Waals surface area (Å²) < 4.78 is 28.4. The summed E-state index contributed by atoms with van der Waals surface area (Å²) in [5, 5.41) is 0.366. The van der Waals surface area contributed by atoms with Crippen LogP contribution in [0.2, 0.25) is 5.02 Å². The van der Waals surface area contributed by atoms with E-state index in [2.05, 4.69) is 31.9 Å². The zero-order valence-corrected chi connectivity index (χ0v) is 13.8. The second-order valence-electron chi connectivity index (χ2n) is 4.08. The molecule has 0 spiro atoms. The molecule has 6 heteroatoms. The molecule has 0 unspecified atom stereocenters. The molecule has 0 saturated heterocycles. The summed E-state index contributed by atoms with van der Waals surface area (Å²) in [6.07, 6.45) is -0.165. The van der Waals surface area contributed by atoms with Gasteiger partial charge in [0.1, 0.15) is 11.6 Å². The first-order valence-electron chi connectivity index (χ1n) is 5.50. The van der Waals surface area contributed by atoms with Crippen molar-refractivity contribution in [3.8, 4) is 0 Å². The standard InChI is InChI=1S/C14H7Br2ClF2O/c15-8-2-1-7(10(17)4-8)3-13(20)14-11(18)5-9(16)6-12(14)19/h1-2,4-6H,3H2. The van der Waals surface area contributed by atoms with Crippen LogP contribution in [0.5, 0.6) is 0 Å². The van der Waals surface area contributed by atoms with Gasteiger partial charge < -0.3 is 0 Å². The maximum Gasteiger partial charge on any atom is 0.173 e. The fourth-order valence-corrected chi connectivity index (χ4v) is 2.88. The normalized spacial score (nSPS) is 10.7. The molecule has 2 aromatic carbocycles. The van der Waals surface area contributed by atoms with Crippen LogP contribution in [0.3, 0.4) is 0 Å².